The van der Waals surface area contributed by atoms with Crippen LogP contribution in [0.5, 0.6) is 0 Å². The van der Waals surface area contributed by atoms with E-state index >= 15 is 0 Å². The van der Waals surface area contributed by atoms with Gasteiger partial charge in [0.2, 0.25) is 11.8 Å². The van der Waals surface area contributed by atoms with E-state index in [-0.39, 0.29) is 17.7 Å². The van der Waals surface area contributed by atoms with E-state index in [0.29, 0.717) is 6.54 Å². The highest BCUT2D eigenvalue weighted by Gasteiger charge is 2.46. The molecule has 1 fully saturated rings. The van der Waals surface area contributed by atoms with Crippen molar-refractivity contribution in [1.82, 2.24) is 15.2 Å². The fraction of sp³-hybridized carbons (Fsp3) is 0.562. The number of nitrogens with one attached hydrogen (secondary N) is 1. The van der Waals surface area contributed by atoms with Crippen molar-refractivity contribution in [3.8, 4) is 0 Å². The van der Waals surface area contributed by atoms with Crippen molar-refractivity contribution < 1.29 is 9.59 Å². The summed E-state index contributed by atoms with van der Waals surface area (Å²) in [6.07, 6.45) is 2.54. The number of hydrogen-bond acceptors (Lipinski definition) is 3. The summed E-state index contributed by atoms with van der Waals surface area (Å²) in [5.74, 6) is -0.0308. The molecule has 1 aliphatic rings. The molecule has 0 aromatic carbocycles. The lowest BCUT2D eigenvalue weighted by molar-refractivity contribution is -0.156. The largest absolute Gasteiger partial charge is 0.340 e. The van der Waals surface area contributed by atoms with Crippen molar-refractivity contribution in [1.29, 1.82) is 0 Å². The molecule has 5 heteroatoms. The first-order valence-electron chi connectivity index (χ1n) is 7.40. The normalized spacial score (nSPS) is 22.9. The minimum absolute atomic E-state index is 0.0574. The molecule has 0 aliphatic carbocycles. The van der Waals surface area contributed by atoms with E-state index in [2.05, 4.69) is 10.3 Å². The molecular formula is C16H23N3O2. The van der Waals surface area contributed by atoms with E-state index in [4.69, 9.17) is 0 Å². The van der Waals surface area contributed by atoms with Gasteiger partial charge in [-0.3, -0.25) is 14.6 Å². The number of nitrogens with zero attached hydrogens (tertiary/aromatic N) is 2. The molecule has 0 saturated carbocycles. The van der Waals surface area contributed by atoms with Crippen molar-refractivity contribution in [3.63, 3.8) is 0 Å². The van der Waals surface area contributed by atoms with Gasteiger partial charge in [-0.1, -0.05) is 26.3 Å². The van der Waals surface area contributed by atoms with Crippen molar-refractivity contribution in [2.24, 2.45) is 5.92 Å². The van der Waals surface area contributed by atoms with Gasteiger partial charge in [-0.2, -0.15) is 0 Å². The number of carbonyl (C=O) groups excluding carboxylic acids is 2. The Bertz CT molecular complexity index is 528. The highest BCUT2D eigenvalue weighted by atomic mass is 16.2. The average Bonchev–Trinajstić information content (AvgIpc) is 2.44. The summed E-state index contributed by atoms with van der Waals surface area (Å²) >= 11 is 0. The van der Waals surface area contributed by atoms with Crippen LogP contribution in [0.15, 0.2) is 24.4 Å². The standard InChI is InChI=1S/C16H23N3O2/c1-5-11(2)13-14(20)18-16(3,4)15(21)19(13)10-12-8-6-7-9-17-12/h6-9,11,13H,5,10H2,1-4H3,(H,18,20). The number of pyridine rings is 1. The predicted molar refractivity (Wildman–Crippen MR) is 80.3 cm³/mol. The number of carbonyl (C=O) groups is 2. The van der Waals surface area contributed by atoms with Crippen molar-refractivity contribution >= 4 is 11.8 Å². The minimum Gasteiger partial charge on any atom is -0.340 e. The van der Waals surface area contributed by atoms with E-state index < -0.39 is 11.6 Å². The Balaban J connectivity index is 2.34. The van der Waals surface area contributed by atoms with Crippen LogP contribution in [0.3, 0.4) is 0 Å². The van der Waals surface area contributed by atoms with Crippen LogP contribution in [0, 0.1) is 5.92 Å². The summed E-state index contributed by atoms with van der Waals surface area (Å²) in [7, 11) is 0. The van der Waals surface area contributed by atoms with Crippen LogP contribution in [0.4, 0.5) is 0 Å². The third-order valence-corrected chi connectivity index (χ3v) is 4.08. The summed E-state index contributed by atoms with van der Waals surface area (Å²) in [5, 5.41) is 2.84. The first kappa shape index (κ1) is 15.5. The first-order chi connectivity index (χ1) is 9.86. The molecule has 1 aromatic rings. The maximum Gasteiger partial charge on any atom is 0.248 e. The van der Waals surface area contributed by atoms with Crippen LogP contribution in [-0.4, -0.2) is 33.3 Å². The number of rotatable bonds is 4. The molecule has 1 aliphatic heterocycles. The van der Waals surface area contributed by atoms with E-state index in [1.165, 1.54) is 0 Å². The van der Waals surface area contributed by atoms with Crippen molar-refractivity contribution in [2.75, 3.05) is 0 Å². The lowest BCUT2D eigenvalue weighted by Gasteiger charge is -2.44. The zero-order valence-electron chi connectivity index (χ0n) is 13.1. The van der Waals surface area contributed by atoms with Gasteiger partial charge >= 0.3 is 0 Å². The van der Waals surface area contributed by atoms with E-state index in [1.54, 1.807) is 24.9 Å². The molecule has 5 nitrogen and oxygen atoms in total. The Labute approximate surface area is 125 Å². The van der Waals surface area contributed by atoms with Gasteiger partial charge in [0.1, 0.15) is 11.6 Å². The number of hydrogen-bond donors (Lipinski definition) is 1. The van der Waals surface area contributed by atoms with Gasteiger partial charge in [0.05, 0.1) is 12.2 Å². The van der Waals surface area contributed by atoms with Crippen LogP contribution in [0.2, 0.25) is 0 Å². The second kappa shape index (κ2) is 5.84. The smallest absolute Gasteiger partial charge is 0.248 e. The maximum absolute atomic E-state index is 12.7. The number of amides is 2. The first-order valence-corrected chi connectivity index (χ1v) is 7.40. The van der Waals surface area contributed by atoms with Gasteiger partial charge in [0, 0.05) is 6.20 Å². The lowest BCUT2D eigenvalue weighted by atomic mass is 9.89. The number of piperazine rings is 1. The SMILES string of the molecule is CCC(C)C1C(=O)NC(C)(C)C(=O)N1Cc1ccccn1. The van der Waals surface area contributed by atoms with Gasteiger partial charge in [-0.05, 0) is 31.9 Å². The molecule has 0 bridgehead atoms. The highest BCUT2D eigenvalue weighted by molar-refractivity contribution is 5.99. The molecule has 0 radical (unpaired) electrons. The van der Waals surface area contributed by atoms with E-state index in [0.717, 1.165) is 12.1 Å². The van der Waals surface area contributed by atoms with E-state index in [9.17, 15) is 9.59 Å². The second-order valence-electron chi connectivity index (χ2n) is 6.20. The van der Waals surface area contributed by atoms with Crippen LogP contribution in [-0.2, 0) is 16.1 Å². The van der Waals surface area contributed by atoms with E-state index in [1.807, 2.05) is 32.0 Å². The van der Waals surface area contributed by atoms with Gasteiger partial charge in [0.25, 0.3) is 0 Å². The molecule has 1 N–H and O–H groups in total. The Hall–Kier alpha value is -1.91. The fourth-order valence-corrected chi connectivity index (χ4v) is 2.69. The Morgan fingerprint density at radius 3 is 2.67 bits per heavy atom. The van der Waals surface area contributed by atoms with Gasteiger partial charge in [-0.15, -0.1) is 0 Å². The predicted octanol–water partition coefficient (Wildman–Crippen LogP) is 1.73. The fourth-order valence-electron chi connectivity index (χ4n) is 2.69. The molecule has 1 aromatic heterocycles. The quantitative estimate of drug-likeness (QED) is 0.918. The molecule has 2 heterocycles. The Kier molecular flexibility index (Phi) is 4.30. The van der Waals surface area contributed by atoms with Crippen molar-refractivity contribution in [2.45, 2.75) is 52.2 Å². The molecule has 21 heavy (non-hydrogen) atoms. The number of aromatic nitrogens is 1. The zero-order valence-corrected chi connectivity index (χ0v) is 13.1. The highest BCUT2D eigenvalue weighted by Crippen LogP contribution is 2.25. The second-order valence-corrected chi connectivity index (χ2v) is 6.20. The lowest BCUT2D eigenvalue weighted by Crippen LogP contribution is -2.69. The summed E-state index contributed by atoms with van der Waals surface area (Å²) in [6.45, 7) is 7.88. The minimum atomic E-state index is -0.865. The summed E-state index contributed by atoms with van der Waals surface area (Å²) in [6, 6.07) is 5.17. The maximum atomic E-state index is 12.7. The molecule has 2 atom stereocenters. The molecule has 114 valence electrons. The Morgan fingerprint density at radius 2 is 2.10 bits per heavy atom. The van der Waals surface area contributed by atoms with Crippen LogP contribution < -0.4 is 5.32 Å². The molecule has 2 unspecified atom stereocenters. The third-order valence-electron chi connectivity index (χ3n) is 4.08. The van der Waals surface area contributed by atoms with Crippen molar-refractivity contribution in [3.05, 3.63) is 30.1 Å². The topological polar surface area (TPSA) is 62.3 Å². The monoisotopic (exact) mass is 289 g/mol. The van der Waals surface area contributed by atoms with Crippen LogP contribution >= 0.6 is 0 Å². The summed E-state index contributed by atoms with van der Waals surface area (Å²) in [5.41, 5.74) is -0.0693. The molecule has 2 amide bonds. The Morgan fingerprint density at radius 1 is 1.38 bits per heavy atom. The zero-order chi connectivity index (χ0) is 15.6. The van der Waals surface area contributed by atoms with Gasteiger partial charge < -0.3 is 10.2 Å². The molecule has 2 rings (SSSR count). The third kappa shape index (κ3) is 3.06. The average molecular weight is 289 g/mol. The molecule has 1 saturated heterocycles. The van der Waals surface area contributed by atoms with Crippen LogP contribution in [0.25, 0.3) is 0 Å². The van der Waals surface area contributed by atoms with Gasteiger partial charge in [0.15, 0.2) is 0 Å². The molecular weight excluding hydrogens is 266 g/mol. The summed E-state index contributed by atoms with van der Waals surface area (Å²) in [4.78, 5) is 31.1. The van der Waals surface area contributed by atoms with Gasteiger partial charge in [-0.25, -0.2) is 0 Å². The van der Waals surface area contributed by atoms with Crippen LogP contribution in [0.1, 0.15) is 39.8 Å². The molecule has 0 spiro atoms. The summed E-state index contributed by atoms with van der Waals surface area (Å²) < 4.78 is 0.